The second kappa shape index (κ2) is 7.13. The molecular formula is C24H24N3O6P3. The van der Waals surface area contributed by atoms with Crippen LogP contribution in [0.15, 0.2) is 49.9 Å². The average molecular weight is 543 g/mol. The van der Waals surface area contributed by atoms with Gasteiger partial charge in [0.25, 0.3) is 0 Å². The van der Waals surface area contributed by atoms with E-state index >= 15 is 0 Å². The van der Waals surface area contributed by atoms with E-state index in [1.54, 1.807) is 0 Å². The number of rotatable bonds is 0. The Morgan fingerprint density at radius 2 is 0.528 bits per heavy atom. The molecule has 0 N–H and O–H groups in total. The van der Waals surface area contributed by atoms with Crippen molar-refractivity contribution in [2.24, 2.45) is 13.5 Å². The normalized spacial score (nSPS) is 19.8. The zero-order valence-electron chi connectivity index (χ0n) is 20.6. The average Bonchev–Trinajstić information content (AvgIpc) is 3.49. The van der Waals surface area contributed by atoms with Gasteiger partial charge < -0.3 is 27.1 Å². The van der Waals surface area contributed by atoms with Gasteiger partial charge in [-0.2, -0.15) is 0 Å². The smallest absolute Gasteiger partial charge is 0.409 e. The Bertz CT molecular complexity index is 1390. The fourth-order valence-electron chi connectivity index (χ4n) is 4.43. The summed E-state index contributed by atoms with van der Waals surface area (Å²) in [6.07, 6.45) is 0. The summed E-state index contributed by atoms with van der Waals surface area (Å²) in [4.78, 5) is 0. The van der Waals surface area contributed by atoms with Gasteiger partial charge in [0.2, 0.25) is 0 Å². The molecule has 36 heavy (non-hydrogen) atoms. The van der Waals surface area contributed by atoms with Crippen LogP contribution in [0.5, 0.6) is 34.5 Å². The fraction of sp³-hybridized carbons (Fsp3) is 0.250. The Kier molecular flexibility index (Phi) is 4.43. The minimum absolute atomic E-state index is 0.613. The molecule has 0 aliphatic carbocycles. The predicted molar refractivity (Wildman–Crippen MR) is 140 cm³/mol. The first kappa shape index (κ1) is 22.4. The van der Waals surface area contributed by atoms with Crippen LogP contribution in [-0.2, 0) is 0 Å². The molecule has 4 heterocycles. The lowest BCUT2D eigenvalue weighted by Crippen LogP contribution is -2.03. The molecule has 0 amide bonds. The predicted octanol–water partition coefficient (Wildman–Crippen LogP) is 9.10. The molecule has 0 saturated heterocycles. The van der Waals surface area contributed by atoms with Crippen molar-refractivity contribution in [3.63, 3.8) is 0 Å². The van der Waals surface area contributed by atoms with Crippen molar-refractivity contribution in [2.75, 3.05) is 0 Å². The number of hydrogen-bond donors (Lipinski definition) is 0. The van der Waals surface area contributed by atoms with Crippen molar-refractivity contribution >= 4 is 23.0 Å². The van der Waals surface area contributed by atoms with Crippen molar-refractivity contribution < 1.29 is 27.1 Å². The van der Waals surface area contributed by atoms with Crippen LogP contribution in [0.2, 0.25) is 0 Å². The van der Waals surface area contributed by atoms with Gasteiger partial charge in [0, 0.05) is 0 Å². The monoisotopic (exact) mass is 543 g/mol. The maximum Gasteiger partial charge on any atom is 0.461 e. The zero-order valence-corrected chi connectivity index (χ0v) is 23.3. The molecule has 9 nitrogen and oxygen atoms in total. The maximum absolute atomic E-state index is 6.47. The third-order valence-corrected chi connectivity index (χ3v) is 14.4. The molecule has 0 fully saturated rings. The molecule has 3 aromatic rings. The summed E-state index contributed by atoms with van der Waals surface area (Å²) in [5, 5.41) is 0. The molecule has 0 atom stereocenters. The van der Waals surface area contributed by atoms with Crippen LogP contribution in [0.25, 0.3) is 0 Å². The number of fused-ring (bicyclic) bond motifs is 3. The van der Waals surface area contributed by atoms with Gasteiger partial charge in [-0.25, -0.2) is 0 Å². The van der Waals surface area contributed by atoms with Crippen LogP contribution >= 0.6 is 23.0 Å². The van der Waals surface area contributed by atoms with E-state index in [0.717, 1.165) is 33.4 Å². The highest BCUT2D eigenvalue weighted by molar-refractivity contribution is 7.79. The van der Waals surface area contributed by atoms with Gasteiger partial charge in [-0.15, -0.1) is 0 Å². The van der Waals surface area contributed by atoms with E-state index in [1.165, 1.54) is 0 Å². The SMILES string of the molecule is Cc1ccc(C)c2c1OP1(=NP3(=NP4(=N1)Oc1c(C)ccc(C)c1O4)Oc1c(C)ccc(C)c1O3)O2. The van der Waals surface area contributed by atoms with Gasteiger partial charge in [-0.1, -0.05) is 49.9 Å². The Balaban J connectivity index is 1.48. The standard InChI is InChI=1S/C24H24N3O6P3/c1-13-7-8-14(2)20-19(13)28-34(29-20)25-35(30-21-15(3)9-10-16(4)22(21)31-35)27-36(26-34)32-23-17(5)11-12-18(6)24(23)33-36/h7-12H,1-6H3. The van der Waals surface area contributed by atoms with Gasteiger partial charge in [0.15, 0.2) is 34.5 Å². The Morgan fingerprint density at radius 3 is 0.694 bits per heavy atom. The first-order chi connectivity index (χ1) is 17.1. The number of nitrogens with zero attached hydrogens (tertiary/aromatic N) is 3. The fourth-order valence-corrected chi connectivity index (χ4v) is 13.9. The van der Waals surface area contributed by atoms with E-state index in [0.29, 0.717) is 34.5 Å². The summed E-state index contributed by atoms with van der Waals surface area (Å²) in [7, 11) is -10.1. The van der Waals surface area contributed by atoms with Gasteiger partial charge in [0.05, 0.1) is 0 Å². The molecule has 7 rings (SSSR count). The summed E-state index contributed by atoms with van der Waals surface area (Å²) >= 11 is 0. The molecule has 3 spiro atoms. The summed E-state index contributed by atoms with van der Waals surface area (Å²) in [6, 6.07) is 11.9. The van der Waals surface area contributed by atoms with Crippen LogP contribution in [0, 0.1) is 41.5 Å². The van der Waals surface area contributed by atoms with Crippen molar-refractivity contribution in [2.45, 2.75) is 41.5 Å². The summed E-state index contributed by atoms with van der Waals surface area (Å²) in [5.41, 5.74) is 5.54. The van der Waals surface area contributed by atoms with E-state index in [1.807, 2.05) is 77.9 Å². The molecule has 0 bridgehead atoms. The highest BCUT2D eigenvalue weighted by Gasteiger charge is 2.55. The van der Waals surface area contributed by atoms with Crippen LogP contribution in [0.4, 0.5) is 0 Å². The van der Waals surface area contributed by atoms with Crippen LogP contribution < -0.4 is 27.1 Å². The van der Waals surface area contributed by atoms with Gasteiger partial charge >= 0.3 is 23.0 Å². The van der Waals surface area contributed by atoms with Gasteiger partial charge in [0.1, 0.15) is 0 Å². The van der Waals surface area contributed by atoms with Crippen molar-refractivity contribution in [1.29, 1.82) is 0 Å². The third kappa shape index (κ3) is 3.06. The second-order valence-electron chi connectivity index (χ2n) is 9.36. The first-order valence-electron chi connectivity index (χ1n) is 11.5. The third-order valence-electron chi connectivity index (χ3n) is 6.46. The van der Waals surface area contributed by atoms with Crippen molar-refractivity contribution in [3.05, 3.63) is 69.8 Å². The van der Waals surface area contributed by atoms with E-state index in [4.69, 9.17) is 40.7 Å². The Morgan fingerprint density at radius 1 is 0.361 bits per heavy atom. The quantitative estimate of drug-likeness (QED) is 0.263. The molecule has 12 heteroatoms. The molecule has 0 saturated carbocycles. The number of aryl methyl sites for hydroxylation is 6. The molecule has 0 aromatic heterocycles. The van der Waals surface area contributed by atoms with Crippen molar-refractivity contribution in [1.82, 2.24) is 0 Å². The van der Waals surface area contributed by atoms with Crippen LogP contribution in [-0.4, -0.2) is 0 Å². The summed E-state index contributed by atoms with van der Waals surface area (Å²) in [5.74, 6) is 3.68. The lowest BCUT2D eigenvalue weighted by molar-refractivity contribution is 0.517. The van der Waals surface area contributed by atoms with Gasteiger partial charge in [-0.3, -0.25) is 0 Å². The molecule has 186 valence electrons. The van der Waals surface area contributed by atoms with Crippen LogP contribution in [0.1, 0.15) is 33.4 Å². The topological polar surface area (TPSA) is 92.5 Å². The molecular weight excluding hydrogens is 519 g/mol. The minimum Gasteiger partial charge on any atom is -0.409 e. The van der Waals surface area contributed by atoms with E-state index in [-0.39, 0.29) is 0 Å². The Hall–Kier alpha value is -2.85. The maximum atomic E-state index is 6.47. The Labute approximate surface area is 209 Å². The zero-order chi connectivity index (χ0) is 25.0. The number of benzene rings is 3. The summed E-state index contributed by atoms with van der Waals surface area (Å²) in [6.45, 7) is 11.8. The molecule has 0 radical (unpaired) electrons. The number of hydrogen-bond acceptors (Lipinski definition) is 9. The largest absolute Gasteiger partial charge is 0.461 e. The van der Waals surface area contributed by atoms with Crippen molar-refractivity contribution in [3.8, 4) is 34.5 Å². The summed E-state index contributed by atoms with van der Waals surface area (Å²) < 4.78 is 53.6. The molecule has 3 aromatic carbocycles. The van der Waals surface area contributed by atoms with Gasteiger partial charge in [-0.05, 0) is 74.9 Å². The first-order valence-corrected chi connectivity index (χ1v) is 16.1. The van der Waals surface area contributed by atoms with Crippen LogP contribution in [0.3, 0.4) is 0 Å². The second-order valence-corrected chi connectivity index (χ2v) is 15.5. The highest BCUT2D eigenvalue weighted by atomic mass is 31.3. The van der Waals surface area contributed by atoms with E-state index in [9.17, 15) is 0 Å². The van der Waals surface area contributed by atoms with E-state index < -0.39 is 23.0 Å². The highest BCUT2D eigenvalue weighted by Crippen LogP contribution is 2.84. The lowest BCUT2D eigenvalue weighted by Gasteiger charge is -2.24. The van der Waals surface area contributed by atoms with E-state index in [2.05, 4.69) is 0 Å². The molecule has 0 unspecified atom stereocenters. The minimum atomic E-state index is -3.37. The lowest BCUT2D eigenvalue weighted by atomic mass is 10.1. The molecule has 4 aliphatic rings. The molecule has 4 aliphatic heterocycles.